The Bertz CT molecular complexity index is 762. The molecule has 0 aliphatic carbocycles. The van der Waals surface area contributed by atoms with Gasteiger partial charge in [0.05, 0.1) is 0 Å². The van der Waals surface area contributed by atoms with E-state index in [4.69, 9.17) is 4.74 Å². The number of carbonyl (C=O) groups is 2. The van der Waals surface area contributed by atoms with E-state index in [0.29, 0.717) is 31.2 Å². The van der Waals surface area contributed by atoms with Gasteiger partial charge in [0.25, 0.3) is 5.91 Å². The third-order valence-corrected chi connectivity index (χ3v) is 4.51. The van der Waals surface area contributed by atoms with E-state index in [2.05, 4.69) is 15.3 Å². The maximum Gasteiger partial charge on any atom is 0.410 e. The fourth-order valence-electron chi connectivity index (χ4n) is 2.89. The molecule has 3 rings (SSSR count). The predicted octanol–water partition coefficient (Wildman–Crippen LogP) is 2.39. The van der Waals surface area contributed by atoms with E-state index < -0.39 is 0 Å². The lowest BCUT2D eigenvalue weighted by Crippen LogP contribution is -2.41. The van der Waals surface area contributed by atoms with Crippen LogP contribution >= 0.6 is 0 Å². The number of hydrogen-bond acceptors (Lipinski definition) is 5. The Morgan fingerprint density at radius 2 is 1.93 bits per heavy atom. The first-order valence-corrected chi connectivity index (χ1v) is 8.82. The molecule has 0 atom stereocenters. The largest absolute Gasteiger partial charge is 0.445 e. The topological polar surface area (TPSA) is 84.4 Å². The first kappa shape index (κ1) is 18.8. The van der Waals surface area contributed by atoms with Gasteiger partial charge in [0.1, 0.15) is 24.4 Å². The summed E-state index contributed by atoms with van der Waals surface area (Å²) in [5.41, 5.74) is 1.08. The van der Waals surface area contributed by atoms with Gasteiger partial charge in [-0.2, -0.15) is 0 Å². The van der Waals surface area contributed by atoms with Crippen molar-refractivity contribution < 1.29 is 18.7 Å². The molecule has 0 unspecified atom stereocenters. The number of nitrogens with zero attached hydrogens (tertiary/aromatic N) is 3. The summed E-state index contributed by atoms with van der Waals surface area (Å²) in [7, 11) is 0. The molecular weight excluding hydrogens is 351 g/mol. The molecule has 142 valence electrons. The monoisotopic (exact) mass is 372 g/mol. The number of nitrogens with one attached hydrogen (secondary N) is 1. The first-order valence-electron chi connectivity index (χ1n) is 8.82. The molecule has 1 saturated heterocycles. The number of carbonyl (C=O) groups excluding carboxylic acids is 2. The van der Waals surface area contributed by atoms with Crippen LogP contribution in [-0.4, -0.2) is 46.5 Å². The standard InChI is InChI=1S/C19H21FN4O3/c20-16-3-1-15(2-4-16)12-27-19(26)24-9-6-14(7-10-24)11-22-18(25)17-5-8-21-13-23-17/h1-5,8,13-14H,6-7,9-12H2,(H,22,25). The molecule has 1 aliphatic rings. The Morgan fingerprint density at radius 1 is 1.19 bits per heavy atom. The lowest BCUT2D eigenvalue weighted by Gasteiger charge is -2.31. The van der Waals surface area contributed by atoms with E-state index >= 15 is 0 Å². The van der Waals surface area contributed by atoms with Crippen molar-refractivity contribution in [2.45, 2.75) is 19.4 Å². The van der Waals surface area contributed by atoms with Crippen LogP contribution in [0.1, 0.15) is 28.9 Å². The molecule has 1 aromatic heterocycles. The molecule has 0 spiro atoms. The molecule has 2 amide bonds. The van der Waals surface area contributed by atoms with Crippen LogP contribution in [0.25, 0.3) is 0 Å². The number of hydrogen-bond donors (Lipinski definition) is 1. The third kappa shape index (κ3) is 5.47. The van der Waals surface area contributed by atoms with E-state index in [-0.39, 0.29) is 24.4 Å². The number of ether oxygens (including phenoxy) is 1. The summed E-state index contributed by atoms with van der Waals surface area (Å²) in [6, 6.07) is 7.42. The molecule has 1 fully saturated rings. The Hall–Kier alpha value is -3.03. The van der Waals surface area contributed by atoms with Gasteiger partial charge in [0, 0.05) is 25.8 Å². The smallest absolute Gasteiger partial charge is 0.410 e. The van der Waals surface area contributed by atoms with Crippen molar-refractivity contribution in [2.75, 3.05) is 19.6 Å². The van der Waals surface area contributed by atoms with Crippen molar-refractivity contribution >= 4 is 12.0 Å². The Balaban J connectivity index is 1.37. The van der Waals surface area contributed by atoms with Crippen LogP contribution in [0.2, 0.25) is 0 Å². The van der Waals surface area contributed by atoms with E-state index in [1.165, 1.54) is 24.7 Å². The summed E-state index contributed by atoms with van der Waals surface area (Å²) in [6.07, 6.45) is 4.07. The average molecular weight is 372 g/mol. The molecule has 8 heteroatoms. The van der Waals surface area contributed by atoms with E-state index in [0.717, 1.165) is 18.4 Å². The molecule has 2 heterocycles. The molecule has 0 bridgehead atoms. The number of piperidine rings is 1. The number of rotatable bonds is 5. The molecule has 0 radical (unpaired) electrons. The van der Waals surface area contributed by atoms with Gasteiger partial charge in [-0.3, -0.25) is 4.79 Å². The van der Waals surface area contributed by atoms with E-state index in [9.17, 15) is 14.0 Å². The van der Waals surface area contributed by atoms with Gasteiger partial charge in [-0.1, -0.05) is 12.1 Å². The fraction of sp³-hybridized carbons (Fsp3) is 0.368. The maximum atomic E-state index is 12.9. The highest BCUT2D eigenvalue weighted by molar-refractivity contribution is 5.92. The van der Waals surface area contributed by atoms with Crippen molar-refractivity contribution in [3.05, 3.63) is 59.9 Å². The Kier molecular flexibility index (Phi) is 6.30. The molecule has 7 nitrogen and oxygen atoms in total. The second kappa shape index (κ2) is 9.07. The van der Waals surface area contributed by atoms with Crippen molar-refractivity contribution in [3.8, 4) is 0 Å². The Labute approximate surface area is 156 Å². The zero-order valence-corrected chi connectivity index (χ0v) is 14.8. The number of benzene rings is 1. The maximum absolute atomic E-state index is 12.9. The van der Waals surface area contributed by atoms with Crippen molar-refractivity contribution in [2.24, 2.45) is 5.92 Å². The quantitative estimate of drug-likeness (QED) is 0.871. The molecule has 0 saturated carbocycles. The lowest BCUT2D eigenvalue weighted by molar-refractivity contribution is 0.0800. The second-order valence-corrected chi connectivity index (χ2v) is 6.42. The summed E-state index contributed by atoms with van der Waals surface area (Å²) in [5.74, 6) is -0.241. The SMILES string of the molecule is O=C(NCC1CCN(C(=O)OCc2ccc(F)cc2)CC1)c1ccncn1. The van der Waals surface area contributed by atoms with E-state index in [1.807, 2.05) is 0 Å². The number of amides is 2. The zero-order valence-electron chi connectivity index (χ0n) is 14.8. The first-order chi connectivity index (χ1) is 13.1. The van der Waals surface area contributed by atoms with Gasteiger partial charge in [-0.15, -0.1) is 0 Å². The number of likely N-dealkylation sites (tertiary alicyclic amines) is 1. The molecule has 1 N–H and O–H groups in total. The van der Waals surface area contributed by atoms with Crippen LogP contribution in [-0.2, 0) is 11.3 Å². The van der Waals surface area contributed by atoms with Crippen LogP contribution in [0.3, 0.4) is 0 Å². The summed E-state index contributed by atoms with van der Waals surface area (Å²) < 4.78 is 18.2. The minimum atomic E-state index is -0.372. The van der Waals surface area contributed by atoms with Gasteiger partial charge < -0.3 is 15.0 Å². The summed E-state index contributed by atoms with van der Waals surface area (Å²) in [5, 5.41) is 2.87. The van der Waals surface area contributed by atoms with Crippen LogP contribution < -0.4 is 5.32 Å². The highest BCUT2D eigenvalue weighted by Gasteiger charge is 2.24. The minimum absolute atomic E-state index is 0.119. The molecule has 27 heavy (non-hydrogen) atoms. The van der Waals surface area contributed by atoms with Gasteiger partial charge in [0.15, 0.2) is 0 Å². The molecular formula is C19H21FN4O3. The summed E-state index contributed by atoms with van der Waals surface area (Å²) in [6.45, 7) is 1.82. The highest BCUT2D eigenvalue weighted by Crippen LogP contribution is 2.17. The predicted molar refractivity (Wildman–Crippen MR) is 95.2 cm³/mol. The fourth-order valence-corrected chi connectivity index (χ4v) is 2.89. The van der Waals surface area contributed by atoms with Gasteiger partial charge in [0.2, 0.25) is 0 Å². The van der Waals surface area contributed by atoms with E-state index in [1.54, 1.807) is 23.1 Å². The number of halogens is 1. The highest BCUT2D eigenvalue weighted by atomic mass is 19.1. The van der Waals surface area contributed by atoms with Crippen molar-refractivity contribution in [3.63, 3.8) is 0 Å². The summed E-state index contributed by atoms with van der Waals surface area (Å²) in [4.78, 5) is 33.5. The summed E-state index contributed by atoms with van der Waals surface area (Å²) >= 11 is 0. The van der Waals surface area contributed by atoms with Gasteiger partial charge in [-0.25, -0.2) is 19.2 Å². The zero-order chi connectivity index (χ0) is 19.1. The Morgan fingerprint density at radius 3 is 2.59 bits per heavy atom. The minimum Gasteiger partial charge on any atom is -0.445 e. The third-order valence-electron chi connectivity index (χ3n) is 4.51. The van der Waals surface area contributed by atoms with Crippen molar-refractivity contribution in [1.29, 1.82) is 0 Å². The molecule has 1 aromatic carbocycles. The van der Waals surface area contributed by atoms with Crippen LogP contribution in [0.15, 0.2) is 42.9 Å². The van der Waals surface area contributed by atoms with Crippen LogP contribution in [0.4, 0.5) is 9.18 Å². The van der Waals surface area contributed by atoms with Crippen molar-refractivity contribution in [1.82, 2.24) is 20.2 Å². The average Bonchev–Trinajstić information content (AvgIpc) is 2.72. The molecule has 1 aliphatic heterocycles. The van der Waals surface area contributed by atoms with Crippen LogP contribution in [0, 0.1) is 11.7 Å². The van der Waals surface area contributed by atoms with Gasteiger partial charge >= 0.3 is 6.09 Å². The lowest BCUT2D eigenvalue weighted by atomic mass is 9.97. The normalized spacial score (nSPS) is 14.6. The second-order valence-electron chi connectivity index (χ2n) is 6.42. The molecule has 2 aromatic rings. The van der Waals surface area contributed by atoms with Crippen LogP contribution in [0.5, 0.6) is 0 Å². The number of aromatic nitrogens is 2. The van der Waals surface area contributed by atoms with Gasteiger partial charge in [-0.05, 0) is 42.5 Å².